The van der Waals surface area contributed by atoms with Gasteiger partial charge in [-0.05, 0) is 37.2 Å². The molecule has 1 aliphatic carbocycles. The zero-order chi connectivity index (χ0) is 16.3. The fourth-order valence-corrected chi connectivity index (χ4v) is 3.63. The predicted octanol–water partition coefficient (Wildman–Crippen LogP) is 3.69. The van der Waals surface area contributed by atoms with E-state index in [2.05, 4.69) is 20.4 Å². The second-order valence-corrected chi connectivity index (χ2v) is 6.77. The lowest BCUT2D eigenvalue weighted by molar-refractivity contribution is -0.177. The van der Waals surface area contributed by atoms with Crippen LogP contribution in [0.3, 0.4) is 0 Å². The van der Waals surface area contributed by atoms with Crippen LogP contribution in [0.1, 0.15) is 45.1 Å². The monoisotopic (exact) mass is 302 g/mol. The molecule has 22 heavy (non-hydrogen) atoms. The van der Waals surface area contributed by atoms with Gasteiger partial charge in [0, 0.05) is 12.0 Å². The van der Waals surface area contributed by atoms with E-state index in [0.717, 1.165) is 18.1 Å². The highest BCUT2D eigenvalue weighted by atomic mass is 16.6. The zero-order valence-corrected chi connectivity index (χ0v) is 13.7. The number of aliphatic hydroxyl groups is 1. The first kappa shape index (κ1) is 16.8. The van der Waals surface area contributed by atoms with Crippen LogP contribution in [0.5, 0.6) is 0 Å². The van der Waals surface area contributed by atoms with Gasteiger partial charge >= 0.3 is 5.97 Å². The standard InChI is InChI=1S/C19H26O3/c1-5-16(20)22-19(4)12-11-15(13(2)3)17(18(19)21)14-9-7-6-8-10-14/h5-10,13,15,17-18,21H,1,11-12H2,2-4H3. The van der Waals surface area contributed by atoms with E-state index in [-0.39, 0.29) is 5.92 Å². The molecule has 1 saturated carbocycles. The topological polar surface area (TPSA) is 46.5 Å². The van der Waals surface area contributed by atoms with E-state index in [0.29, 0.717) is 18.3 Å². The van der Waals surface area contributed by atoms with Gasteiger partial charge in [-0.25, -0.2) is 4.79 Å². The van der Waals surface area contributed by atoms with E-state index in [9.17, 15) is 9.90 Å². The molecule has 0 aromatic heterocycles. The van der Waals surface area contributed by atoms with Crippen LogP contribution < -0.4 is 0 Å². The molecule has 0 spiro atoms. The molecule has 0 heterocycles. The van der Waals surface area contributed by atoms with E-state index in [4.69, 9.17) is 4.74 Å². The van der Waals surface area contributed by atoms with Gasteiger partial charge in [-0.1, -0.05) is 50.8 Å². The first-order valence-electron chi connectivity index (χ1n) is 7.97. The van der Waals surface area contributed by atoms with Gasteiger partial charge in [-0.15, -0.1) is 0 Å². The second kappa shape index (κ2) is 6.66. The van der Waals surface area contributed by atoms with Crippen LogP contribution >= 0.6 is 0 Å². The van der Waals surface area contributed by atoms with Gasteiger partial charge in [0.05, 0.1) is 0 Å². The summed E-state index contributed by atoms with van der Waals surface area (Å²) in [5.74, 6) is 0.321. The van der Waals surface area contributed by atoms with Crippen molar-refractivity contribution in [2.45, 2.75) is 51.2 Å². The molecule has 0 aliphatic heterocycles. The Morgan fingerprint density at radius 1 is 1.41 bits per heavy atom. The summed E-state index contributed by atoms with van der Waals surface area (Å²) in [6.07, 6.45) is 2.03. The number of hydrogen-bond donors (Lipinski definition) is 1. The Kier molecular flexibility index (Phi) is 5.07. The number of hydrogen-bond acceptors (Lipinski definition) is 3. The van der Waals surface area contributed by atoms with Crippen LogP contribution in [0.25, 0.3) is 0 Å². The summed E-state index contributed by atoms with van der Waals surface area (Å²) in [6.45, 7) is 9.64. The highest BCUT2D eigenvalue weighted by Crippen LogP contribution is 2.47. The lowest BCUT2D eigenvalue weighted by atomic mass is 9.64. The van der Waals surface area contributed by atoms with Crippen LogP contribution in [-0.2, 0) is 9.53 Å². The van der Waals surface area contributed by atoms with E-state index in [1.165, 1.54) is 0 Å². The van der Waals surface area contributed by atoms with Crippen molar-refractivity contribution >= 4 is 5.97 Å². The van der Waals surface area contributed by atoms with Crippen molar-refractivity contribution in [2.75, 3.05) is 0 Å². The molecule has 1 aromatic rings. The summed E-state index contributed by atoms with van der Waals surface area (Å²) in [5.41, 5.74) is 0.242. The van der Waals surface area contributed by atoms with E-state index in [1.54, 1.807) is 0 Å². The maximum Gasteiger partial charge on any atom is 0.330 e. The van der Waals surface area contributed by atoms with Gasteiger partial charge in [0.1, 0.15) is 11.7 Å². The zero-order valence-electron chi connectivity index (χ0n) is 13.7. The number of rotatable bonds is 4. The molecule has 1 aromatic carbocycles. The van der Waals surface area contributed by atoms with Crippen molar-refractivity contribution in [1.82, 2.24) is 0 Å². The van der Waals surface area contributed by atoms with Crippen molar-refractivity contribution in [3.05, 3.63) is 48.6 Å². The summed E-state index contributed by atoms with van der Waals surface area (Å²) >= 11 is 0. The molecule has 1 fully saturated rings. The molecule has 0 radical (unpaired) electrons. The normalized spacial score (nSPS) is 31.8. The fraction of sp³-hybridized carbons (Fsp3) is 0.526. The van der Waals surface area contributed by atoms with Crippen LogP contribution in [0.4, 0.5) is 0 Å². The molecule has 1 N–H and O–H groups in total. The lowest BCUT2D eigenvalue weighted by Gasteiger charge is -2.47. The molecule has 4 atom stereocenters. The van der Waals surface area contributed by atoms with Crippen molar-refractivity contribution in [1.29, 1.82) is 0 Å². The van der Waals surface area contributed by atoms with Crippen molar-refractivity contribution in [2.24, 2.45) is 11.8 Å². The van der Waals surface area contributed by atoms with E-state index in [1.807, 2.05) is 37.3 Å². The number of benzene rings is 1. The molecule has 3 heteroatoms. The molecule has 3 nitrogen and oxygen atoms in total. The Bertz CT molecular complexity index is 523. The van der Waals surface area contributed by atoms with E-state index < -0.39 is 17.7 Å². The fourth-order valence-electron chi connectivity index (χ4n) is 3.63. The van der Waals surface area contributed by atoms with Crippen LogP contribution in [0.2, 0.25) is 0 Å². The maximum absolute atomic E-state index is 11.6. The summed E-state index contributed by atoms with van der Waals surface area (Å²) in [4.78, 5) is 11.6. The largest absolute Gasteiger partial charge is 0.453 e. The van der Waals surface area contributed by atoms with Crippen molar-refractivity contribution < 1.29 is 14.6 Å². The number of esters is 1. The van der Waals surface area contributed by atoms with Gasteiger partial charge in [0.2, 0.25) is 0 Å². The Morgan fingerprint density at radius 2 is 2.05 bits per heavy atom. The van der Waals surface area contributed by atoms with Crippen LogP contribution in [0.15, 0.2) is 43.0 Å². The van der Waals surface area contributed by atoms with Gasteiger partial charge in [0.15, 0.2) is 0 Å². The van der Waals surface area contributed by atoms with Gasteiger partial charge in [-0.3, -0.25) is 0 Å². The number of carbonyl (C=O) groups is 1. The third kappa shape index (κ3) is 3.25. The average molecular weight is 302 g/mol. The molecule has 0 saturated heterocycles. The molecule has 4 unspecified atom stereocenters. The predicted molar refractivity (Wildman–Crippen MR) is 87.4 cm³/mol. The van der Waals surface area contributed by atoms with Crippen molar-refractivity contribution in [3.63, 3.8) is 0 Å². The number of ether oxygens (including phenoxy) is 1. The number of carbonyl (C=O) groups excluding carboxylic acids is 1. The maximum atomic E-state index is 11.6. The quantitative estimate of drug-likeness (QED) is 0.681. The molecule has 120 valence electrons. The minimum Gasteiger partial charge on any atom is -0.453 e. The molecular formula is C19H26O3. The molecular weight excluding hydrogens is 276 g/mol. The Morgan fingerprint density at radius 3 is 2.59 bits per heavy atom. The third-order valence-corrected chi connectivity index (χ3v) is 4.94. The van der Waals surface area contributed by atoms with Crippen LogP contribution in [-0.4, -0.2) is 22.8 Å². The highest BCUT2D eigenvalue weighted by molar-refractivity contribution is 5.81. The second-order valence-electron chi connectivity index (χ2n) is 6.77. The Labute approximate surface area is 133 Å². The summed E-state index contributed by atoms with van der Waals surface area (Å²) < 4.78 is 5.51. The van der Waals surface area contributed by atoms with Gasteiger partial charge < -0.3 is 9.84 Å². The van der Waals surface area contributed by atoms with Gasteiger partial charge in [-0.2, -0.15) is 0 Å². The third-order valence-electron chi connectivity index (χ3n) is 4.94. The smallest absolute Gasteiger partial charge is 0.330 e. The Balaban J connectivity index is 2.35. The number of aliphatic hydroxyl groups excluding tert-OH is 1. The minimum atomic E-state index is -0.864. The van der Waals surface area contributed by atoms with E-state index >= 15 is 0 Å². The Hall–Kier alpha value is -1.61. The first-order valence-corrected chi connectivity index (χ1v) is 7.97. The van der Waals surface area contributed by atoms with Crippen LogP contribution in [0, 0.1) is 11.8 Å². The molecule has 0 amide bonds. The molecule has 1 aliphatic rings. The van der Waals surface area contributed by atoms with Gasteiger partial charge in [0.25, 0.3) is 0 Å². The lowest BCUT2D eigenvalue weighted by Crippen LogP contribution is -2.52. The summed E-state index contributed by atoms with van der Waals surface area (Å²) in [5, 5.41) is 11.0. The minimum absolute atomic E-state index is 0.0300. The van der Waals surface area contributed by atoms with Crippen molar-refractivity contribution in [3.8, 4) is 0 Å². The summed E-state index contributed by atoms with van der Waals surface area (Å²) in [6, 6.07) is 10.0. The average Bonchev–Trinajstić information content (AvgIpc) is 2.50. The first-order chi connectivity index (χ1) is 10.4. The molecule has 2 rings (SSSR count). The SMILES string of the molecule is C=CC(=O)OC1(C)CCC(C(C)C)C(c2ccccc2)C1O. The highest BCUT2D eigenvalue weighted by Gasteiger charge is 2.49. The summed E-state index contributed by atoms with van der Waals surface area (Å²) in [7, 11) is 0. The molecule has 0 bridgehead atoms.